The molecule has 2 rings (SSSR count). The topological polar surface area (TPSA) is 79.5 Å². The van der Waals surface area contributed by atoms with Gasteiger partial charge >= 0.3 is 5.97 Å². The average molecular weight is 251 g/mol. The van der Waals surface area contributed by atoms with E-state index in [1.54, 1.807) is 12.1 Å². The summed E-state index contributed by atoms with van der Waals surface area (Å²) in [5.41, 5.74) is -0.805. The Morgan fingerprint density at radius 2 is 2.06 bits per heavy atom. The second-order valence-corrected chi connectivity index (χ2v) is 4.81. The third-order valence-electron chi connectivity index (χ3n) is 3.60. The predicted molar refractivity (Wildman–Crippen MR) is 64.2 cm³/mol. The number of carboxylic acid groups (broad SMARTS) is 1. The minimum atomic E-state index is -0.818. The Balaban J connectivity index is 1.98. The van der Waals surface area contributed by atoms with Crippen LogP contribution in [-0.4, -0.2) is 23.5 Å². The number of aliphatic carboxylic acids is 1. The lowest BCUT2D eigenvalue weighted by Gasteiger charge is -2.33. The number of carbonyl (C=O) groups is 2. The Morgan fingerprint density at radius 1 is 1.33 bits per heavy atom. The molecule has 1 saturated carbocycles. The Labute approximate surface area is 105 Å². The summed E-state index contributed by atoms with van der Waals surface area (Å²) in [4.78, 5) is 23.1. The van der Waals surface area contributed by atoms with E-state index in [2.05, 4.69) is 5.32 Å². The minimum absolute atomic E-state index is 0.169. The molecule has 0 spiro atoms. The molecule has 1 amide bonds. The number of hydrogen-bond acceptors (Lipinski definition) is 3. The molecule has 0 unspecified atom stereocenters. The van der Waals surface area contributed by atoms with Crippen molar-refractivity contribution in [2.24, 2.45) is 5.41 Å². The van der Waals surface area contributed by atoms with Crippen LogP contribution in [0, 0.1) is 5.41 Å². The zero-order valence-electron chi connectivity index (χ0n) is 10.1. The van der Waals surface area contributed by atoms with Crippen molar-refractivity contribution in [2.45, 2.75) is 32.1 Å². The normalized spacial score (nSPS) is 18.2. The van der Waals surface area contributed by atoms with Gasteiger partial charge in [0.05, 0.1) is 11.7 Å². The molecule has 0 saturated heterocycles. The first-order valence-corrected chi connectivity index (χ1v) is 6.19. The van der Waals surface area contributed by atoms with Crippen molar-refractivity contribution in [1.29, 1.82) is 0 Å². The van der Waals surface area contributed by atoms with Crippen LogP contribution in [0.15, 0.2) is 22.8 Å². The highest BCUT2D eigenvalue weighted by molar-refractivity contribution is 5.91. The fourth-order valence-electron chi connectivity index (χ4n) is 2.44. The van der Waals surface area contributed by atoms with Crippen LogP contribution in [0.3, 0.4) is 0 Å². The first kappa shape index (κ1) is 12.7. The molecule has 0 aromatic carbocycles. The SMILES string of the molecule is O=C(NCC1(C(=O)O)CCCCC1)c1ccco1. The highest BCUT2D eigenvalue weighted by Gasteiger charge is 2.39. The molecular formula is C13H17NO4. The molecule has 0 atom stereocenters. The smallest absolute Gasteiger partial charge is 0.311 e. The molecule has 18 heavy (non-hydrogen) atoms. The van der Waals surface area contributed by atoms with Gasteiger partial charge in [-0.15, -0.1) is 0 Å². The van der Waals surface area contributed by atoms with Crippen LogP contribution in [0.1, 0.15) is 42.7 Å². The van der Waals surface area contributed by atoms with Crippen LogP contribution in [-0.2, 0) is 4.79 Å². The summed E-state index contributed by atoms with van der Waals surface area (Å²) in [5, 5.41) is 12.0. The van der Waals surface area contributed by atoms with Crippen LogP contribution in [0.25, 0.3) is 0 Å². The van der Waals surface area contributed by atoms with E-state index in [1.807, 2.05) is 0 Å². The van der Waals surface area contributed by atoms with Gasteiger partial charge < -0.3 is 14.8 Å². The maximum Gasteiger partial charge on any atom is 0.311 e. The van der Waals surface area contributed by atoms with Crippen molar-refractivity contribution in [3.8, 4) is 0 Å². The Bertz CT molecular complexity index is 418. The van der Waals surface area contributed by atoms with Gasteiger partial charge in [0.15, 0.2) is 5.76 Å². The summed E-state index contributed by atoms with van der Waals surface area (Å²) < 4.78 is 4.97. The van der Waals surface area contributed by atoms with Gasteiger partial charge in [-0.1, -0.05) is 19.3 Å². The first-order chi connectivity index (χ1) is 8.64. The third kappa shape index (κ3) is 2.55. The number of carbonyl (C=O) groups excluding carboxylic acids is 1. The van der Waals surface area contributed by atoms with Gasteiger partial charge in [0.1, 0.15) is 0 Å². The lowest BCUT2D eigenvalue weighted by atomic mass is 9.74. The van der Waals surface area contributed by atoms with E-state index in [0.29, 0.717) is 12.8 Å². The standard InChI is InChI=1S/C13H17NO4/c15-11(10-5-4-8-18-10)14-9-13(12(16)17)6-2-1-3-7-13/h4-5,8H,1-3,6-7,9H2,(H,14,15)(H,16,17). The molecule has 98 valence electrons. The molecule has 0 aliphatic heterocycles. The molecule has 0 radical (unpaired) electrons. The number of amides is 1. The van der Waals surface area contributed by atoms with Crippen molar-refractivity contribution < 1.29 is 19.1 Å². The monoisotopic (exact) mass is 251 g/mol. The van der Waals surface area contributed by atoms with Gasteiger partial charge in [0.25, 0.3) is 5.91 Å². The van der Waals surface area contributed by atoms with E-state index >= 15 is 0 Å². The summed E-state index contributed by atoms with van der Waals surface area (Å²) in [6.45, 7) is 0.169. The molecule has 5 nitrogen and oxygen atoms in total. The quantitative estimate of drug-likeness (QED) is 0.858. The van der Waals surface area contributed by atoms with Crippen LogP contribution in [0.5, 0.6) is 0 Å². The number of hydrogen-bond donors (Lipinski definition) is 2. The predicted octanol–water partition coefficient (Wildman–Crippen LogP) is 2.04. The number of rotatable bonds is 4. The van der Waals surface area contributed by atoms with Crippen LogP contribution in [0.4, 0.5) is 0 Å². The molecule has 1 aliphatic carbocycles. The largest absolute Gasteiger partial charge is 0.481 e. The molecule has 1 aromatic rings. The minimum Gasteiger partial charge on any atom is -0.481 e. The third-order valence-corrected chi connectivity index (χ3v) is 3.60. The fraction of sp³-hybridized carbons (Fsp3) is 0.538. The van der Waals surface area contributed by atoms with Crippen LogP contribution >= 0.6 is 0 Å². The molecular weight excluding hydrogens is 234 g/mol. The average Bonchev–Trinajstić information content (AvgIpc) is 2.91. The summed E-state index contributed by atoms with van der Waals surface area (Å²) in [6, 6.07) is 3.19. The van der Waals surface area contributed by atoms with Crippen LogP contribution in [0.2, 0.25) is 0 Å². The fourth-order valence-corrected chi connectivity index (χ4v) is 2.44. The van der Waals surface area contributed by atoms with Crippen molar-refractivity contribution in [1.82, 2.24) is 5.32 Å². The molecule has 5 heteroatoms. The molecule has 1 heterocycles. The molecule has 1 aliphatic rings. The van der Waals surface area contributed by atoms with Gasteiger partial charge in [0.2, 0.25) is 0 Å². The van der Waals surface area contributed by atoms with E-state index in [9.17, 15) is 14.7 Å². The van der Waals surface area contributed by atoms with Gasteiger partial charge in [-0.3, -0.25) is 9.59 Å². The Hall–Kier alpha value is -1.78. The Kier molecular flexibility index (Phi) is 3.69. The van der Waals surface area contributed by atoms with Gasteiger partial charge in [-0.2, -0.15) is 0 Å². The van der Waals surface area contributed by atoms with E-state index in [4.69, 9.17) is 4.42 Å². The zero-order chi connectivity index (χ0) is 13.0. The van der Waals surface area contributed by atoms with E-state index in [-0.39, 0.29) is 18.2 Å². The van der Waals surface area contributed by atoms with E-state index in [1.165, 1.54) is 6.26 Å². The number of furan rings is 1. The van der Waals surface area contributed by atoms with Crippen molar-refractivity contribution in [2.75, 3.05) is 6.54 Å². The molecule has 1 fully saturated rings. The van der Waals surface area contributed by atoms with Crippen LogP contribution < -0.4 is 5.32 Å². The molecule has 1 aromatic heterocycles. The highest BCUT2D eigenvalue weighted by atomic mass is 16.4. The van der Waals surface area contributed by atoms with Crippen molar-refractivity contribution in [3.05, 3.63) is 24.2 Å². The summed E-state index contributed by atoms with van der Waals surface area (Å²) >= 11 is 0. The summed E-state index contributed by atoms with van der Waals surface area (Å²) in [5.74, 6) is -0.959. The molecule has 0 bridgehead atoms. The van der Waals surface area contributed by atoms with Gasteiger partial charge in [-0.05, 0) is 25.0 Å². The maximum absolute atomic E-state index is 11.7. The van der Waals surface area contributed by atoms with Gasteiger partial charge in [-0.25, -0.2) is 0 Å². The first-order valence-electron chi connectivity index (χ1n) is 6.19. The lowest BCUT2D eigenvalue weighted by molar-refractivity contribution is -0.150. The summed E-state index contributed by atoms with van der Waals surface area (Å²) in [7, 11) is 0. The van der Waals surface area contributed by atoms with E-state index < -0.39 is 11.4 Å². The second-order valence-electron chi connectivity index (χ2n) is 4.81. The lowest BCUT2D eigenvalue weighted by Crippen LogP contribution is -2.44. The molecule has 2 N–H and O–H groups in total. The number of nitrogens with one attached hydrogen (secondary N) is 1. The second kappa shape index (κ2) is 5.25. The maximum atomic E-state index is 11.7. The summed E-state index contributed by atoms with van der Waals surface area (Å²) in [6.07, 6.45) is 5.55. The van der Waals surface area contributed by atoms with Crippen molar-refractivity contribution in [3.63, 3.8) is 0 Å². The van der Waals surface area contributed by atoms with Gasteiger partial charge in [0, 0.05) is 6.54 Å². The zero-order valence-corrected chi connectivity index (χ0v) is 10.1. The van der Waals surface area contributed by atoms with Crippen molar-refractivity contribution >= 4 is 11.9 Å². The Morgan fingerprint density at radius 3 is 2.61 bits per heavy atom. The number of carboxylic acids is 1. The van der Waals surface area contributed by atoms with E-state index in [0.717, 1.165) is 19.3 Å². The highest BCUT2D eigenvalue weighted by Crippen LogP contribution is 2.36.